The summed E-state index contributed by atoms with van der Waals surface area (Å²) < 4.78 is 1.49. The number of primary amides is 1. The molecule has 1 amide bonds. The minimum atomic E-state index is -0.549. The summed E-state index contributed by atoms with van der Waals surface area (Å²) >= 11 is 6.21. The summed E-state index contributed by atoms with van der Waals surface area (Å²) in [6, 6.07) is 16.7. The monoisotopic (exact) mass is 311 g/mol. The Kier molecular flexibility index (Phi) is 3.69. The van der Waals surface area contributed by atoms with Gasteiger partial charge < -0.3 is 5.73 Å². The summed E-state index contributed by atoms with van der Waals surface area (Å²) in [4.78, 5) is 11.8. The molecule has 110 valence electrons. The first-order valence-corrected chi connectivity index (χ1v) is 7.16. The Bertz CT molecular complexity index is 855. The predicted octanol–water partition coefficient (Wildman–Crippen LogP) is 3.60. The van der Waals surface area contributed by atoms with E-state index in [9.17, 15) is 4.79 Å². The average molecular weight is 312 g/mol. The standard InChI is InChI=1S/C17H14ClN3O/c1-11-6-2-3-7-12(11)14-10-16(17(19)22)21(20-14)15-9-5-4-8-13(15)18/h2-10H,1H3,(H2,19,22). The van der Waals surface area contributed by atoms with Gasteiger partial charge in [0, 0.05) is 5.56 Å². The zero-order valence-corrected chi connectivity index (χ0v) is 12.7. The molecule has 0 aliphatic carbocycles. The molecule has 1 heterocycles. The SMILES string of the molecule is Cc1ccccc1-c1cc(C(N)=O)n(-c2ccccc2Cl)n1. The number of halogens is 1. The number of rotatable bonds is 3. The van der Waals surface area contributed by atoms with E-state index in [4.69, 9.17) is 17.3 Å². The molecule has 0 unspecified atom stereocenters. The van der Waals surface area contributed by atoms with Gasteiger partial charge in [0.15, 0.2) is 0 Å². The lowest BCUT2D eigenvalue weighted by atomic mass is 10.1. The maximum absolute atomic E-state index is 11.8. The Hall–Kier alpha value is -2.59. The number of nitrogens with zero attached hydrogens (tertiary/aromatic N) is 2. The van der Waals surface area contributed by atoms with Crippen LogP contribution in [0.15, 0.2) is 54.6 Å². The zero-order valence-electron chi connectivity index (χ0n) is 12.0. The molecule has 0 aliphatic heterocycles. The van der Waals surface area contributed by atoms with Gasteiger partial charge in [-0.3, -0.25) is 4.79 Å². The number of carbonyl (C=O) groups excluding carboxylic acids is 1. The van der Waals surface area contributed by atoms with E-state index in [2.05, 4.69) is 5.10 Å². The third kappa shape index (κ3) is 2.49. The van der Waals surface area contributed by atoms with Gasteiger partial charge in [0.05, 0.1) is 16.4 Å². The minimum Gasteiger partial charge on any atom is -0.364 e. The lowest BCUT2D eigenvalue weighted by Crippen LogP contribution is -2.16. The molecule has 0 radical (unpaired) electrons. The van der Waals surface area contributed by atoms with E-state index >= 15 is 0 Å². The molecule has 1 aromatic heterocycles. The van der Waals surface area contributed by atoms with Crippen molar-refractivity contribution in [3.8, 4) is 16.9 Å². The molecular weight excluding hydrogens is 298 g/mol. The number of hydrogen-bond donors (Lipinski definition) is 1. The second-order valence-corrected chi connectivity index (χ2v) is 5.36. The van der Waals surface area contributed by atoms with Gasteiger partial charge in [-0.05, 0) is 30.7 Å². The molecule has 22 heavy (non-hydrogen) atoms. The molecule has 2 aromatic carbocycles. The van der Waals surface area contributed by atoms with Crippen LogP contribution in [0.5, 0.6) is 0 Å². The largest absolute Gasteiger partial charge is 0.364 e. The topological polar surface area (TPSA) is 60.9 Å². The van der Waals surface area contributed by atoms with Gasteiger partial charge in [0.2, 0.25) is 0 Å². The van der Waals surface area contributed by atoms with E-state index in [0.717, 1.165) is 11.1 Å². The van der Waals surface area contributed by atoms with Gasteiger partial charge in [-0.25, -0.2) is 4.68 Å². The number of carbonyl (C=O) groups is 1. The van der Waals surface area contributed by atoms with Crippen LogP contribution in [-0.2, 0) is 0 Å². The Morgan fingerprint density at radius 2 is 1.82 bits per heavy atom. The van der Waals surface area contributed by atoms with E-state index in [0.29, 0.717) is 22.1 Å². The Balaban J connectivity index is 2.22. The molecule has 0 bridgehead atoms. The summed E-state index contributed by atoms with van der Waals surface area (Å²) in [6.45, 7) is 1.99. The Morgan fingerprint density at radius 1 is 1.14 bits per heavy atom. The molecule has 3 rings (SSSR count). The molecule has 0 saturated carbocycles. The summed E-state index contributed by atoms with van der Waals surface area (Å²) in [6.07, 6.45) is 0. The average Bonchev–Trinajstić information content (AvgIpc) is 2.93. The fourth-order valence-electron chi connectivity index (χ4n) is 2.36. The van der Waals surface area contributed by atoms with Crippen molar-refractivity contribution >= 4 is 17.5 Å². The number of aryl methyl sites for hydroxylation is 1. The first-order chi connectivity index (χ1) is 10.6. The fraction of sp³-hybridized carbons (Fsp3) is 0.0588. The highest BCUT2D eigenvalue weighted by Gasteiger charge is 2.17. The van der Waals surface area contributed by atoms with Crippen LogP contribution >= 0.6 is 11.6 Å². The highest BCUT2D eigenvalue weighted by atomic mass is 35.5. The Labute approximate surface area is 133 Å². The van der Waals surface area contributed by atoms with E-state index in [1.807, 2.05) is 43.3 Å². The van der Waals surface area contributed by atoms with Crippen molar-refractivity contribution < 1.29 is 4.79 Å². The second-order valence-electron chi connectivity index (χ2n) is 4.96. The van der Waals surface area contributed by atoms with Crippen LogP contribution in [0.2, 0.25) is 5.02 Å². The number of amides is 1. The molecule has 0 atom stereocenters. The van der Waals surface area contributed by atoms with Crippen LogP contribution in [0.25, 0.3) is 16.9 Å². The third-order valence-corrected chi connectivity index (χ3v) is 3.78. The van der Waals surface area contributed by atoms with Gasteiger partial charge >= 0.3 is 0 Å². The van der Waals surface area contributed by atoms with Crippen molar-refractivity contribution in [2.75, 3.05) is 0 Å². The van der Waals surface area contributed by atoms with Crippen LogP contribution in [0.3, 0.4) is 0 Å². The van der Waals surface area contributed by atoms with Gasteiger partial charge in [-0.2, -0.15) is 5.10 Å². The van der Waals surface area contributed by atoms with Crippen LogP contribution in [-0.4, -0.2) is 15.7 Å². The highest BCUT2D eigenvalue weighted by molar-refractivity contribution is 6.32. The number of nitrogens with two attached hydrogens (primary N) is 1. The quantitative estimate of drug-likeness (QED) is 0.803. The van der Waals surface area contributed by atoms with Gasteiger partial charge in [-0.1, -0.05) is 48.0 Å². The van der Waals surface area contributed by atoms with Crippen molar-refractivity contribution in [1.29, 1.82) is 0 Å². The van der Waals surface area contributed by atoms with Crippen LogP contribution in [0.1, 0.15) is 16.1 Å². The second kappa shape index (κ2) is 5.66. The number of hydrogen-bond acceptors (Lipinski definition) is 2. The first-order valence-electron chi connectivity index (χ1n) is 6.78. The number of aromatic nitrogens is 2. The predicted molar refractivity (Wildman–Crippen MR) is 87.3 cm³/mol. The molecule has 3 aromatic rings. The summed E-state index contributed by atoms with van der Waals surface area (Å²) in [5, 5.41) is 5.03. The van der Waals surface area contributed by atoms with Gasteiger partial charge in [0.1, 0.15) is 5.69 Å². The van der Waals surface area contributed by atoms with Crippen LogP contribution in [0, 0.1) is 6.92 Å². The number of benzene rings is 2. The highest BCUT2D eigenvalue weighted by Crippen LogP contribution is 2.27. The minimum absolute atomic E-state index is 0.298. The summed E-state index contributed by atoms with van der Waals surface area (Å²) in [5.41, 5.74) is 9.12. The van der Waals surface area contributed by atoms with E-state index < -0.39 is 5.91 Å². The first kappa shape index (κ1) is 14.4. The lowest BCUT2D eigenvalue weighted by Gasteiger charge is -2.06. The normalized spacial score (nSPS) is 10.6. The van der Waals surface area contributed by atoms with Crippen LogP contribution < -0.4 is 5.73 Å². The van der Waals surface area contributed by atoms with Crippen LogP contribution in [0.4, 0.5) is 0 Å². The van der Waals surface area contributed by atoms with Crippen molar-refractivity contribution in [2.24, 2.45) is 5.73 Å². The lowest BCUT2D eigenvalue weighted by molar-refractivity contribution is 0.0993. The maximum atomic E-state index is 11.8. The van der Waals surface area contributed by atoms with E-state index in [1.54, 1.807) is 18.2 Å². The van der Waals surface area contributed by atoms with Gasteiger partial charge in [0.25, 0.3) is 5.91 Å². The molecule has 0 fully saturated rings. The van der Waals surface area contributed by atoms with E-state index in [-0.39, 0.29) is 0 Å². The van der Waals surface area contributed by atoms with Gasteiger partial charge in [-0.15, -0.1) is 0 Å². The molecule has 0 aliphatic rings. The molecule has 5 heteroatoms. The number of para-hydroxylation sites is 1. The van der Waals surface area contributed by atoms with Crippen molar-refractivity contribution in [2.45, 2.75) is 6.92 Å². The maximum Gasteiger partial charge on any atom is 0.267 e. The molecule has 2 N–H and O–H groups in total. The smallest absolute Gasteiger partial charge is 0.267 e. The van der Waals surface area contributed by atoms with Crippen molar-refractivity contribution in [3.05, 3.63) is 70.9 Å². The summed E-state index contributed by atoms with van der Waals surface area (Å²) in [5.74, 6) is -0.549. The molecule has 4 nitrogen and oxygen atoms in total. The molecule has 0 saturated heterocycles. The third-order valence-electron chi connectivity index (χ3n) is 3.46. The van der Waals surface area contributed by atoms with Crippen molar-refractivity contribution in [3.63, 3.8) is 0 Å². The Morgan fingerprint density at radius 3 is 2.50 bits per heavy atom. The van der Waals surface area contributed by atoms with Crippen molar-refractivity contribution in [1.82, 2.24) is 9.78 Å². The molecular formula is C17H14ClN3O. The fourth-order valence-corrected chi connectivity index (χ4v) is 2.57. The van der Waals surface area contributed by atoms with E-state index in [1.165, 1.54) is 4.68 Å². The zero-order chi connectivity index (χ0) is 15.7. The molecule has 0 spiro atoms. The summed E-state index contributed by atoms with van der Waals surface area (Å²) in [7, 11) is 0.